The highest BCUT2D eigenvalue weighted by molar-refractivity contribution is 6.85. The van der Waals surface area contributed by atoms with Gasteiger partial charge in [-0.25, -0.2) is 4.98 Å². The first-order valence-electron chi connectivity index (χ1n) is 10.3. The molecular formula is C25H30BN3. The summed E-state index contributed by atoms with van der Waals surface area (Å²) in [5.41, 5.74) is 3.94. The predicted octanol–water partition coefficient (Wildman–Crippen LogP) is 4.48. The van der Waals surface area contributed by atoms with E-state index in [0.717, 1.165) is 25.7 Å². The number of rotatable bonds is 8. The Bertz CT molecular complexity index is 842. The smallest absolute Gasteiger partial charge is 0.213 e. The fourth-order valence-corrected chi connectivity index (χ4v) is 3.31. The summed E-state index contributed by atoms with van der Waals surface area (Å²) < 4.78 is 2.07. The summed E-state index contributed by atoms with van der Waals surface area (Å²) in [5, 5.41) is 8.67. The second kappa shape index (κ2) is 12.4. The maximum Gasteiger partial charge on any atom is 0.213 e. The lowest BCUT2D eigenvalue weighted by Gasteiger charge is -2.12. The van der Waals surface area contributed by atoms with Crippen molar-refractivity contribution in [2.24, 2.45) is 5.92 Å². The lowest BCUT2D eigenvalue weighted by molar-refractivity contribution is 0.558. The van der Waals surface area contributed by atoms with Crippen LogP contribution in [0.2, 0.25) is 6.32 Å². The SMILES string of the molecule is C=CCB(c1ccccc1)c1ccccc1.CCCc1cncn1CC(C)C#N. The van der Waals surface area contributed by atoms with Crippen molar-refractivity contribution in [3.05, 3.63) is 91.5 Å². The van der Waals surface area contributed by atoms with Gasteiger partial charge in [0.15, 0.2) is 0 Å². The van der Waals surface area contributed by atoms with Crippen LogP contribution >= 0.6 is 0 Å². The molecule has 1 aromatic heterocycles. The summed E-state index contributed by atoms with van der Waals surface area (Å²) in [7, 11) is 0. The maximum absolute atomic E-state index is 8.67. The van der Waals surface area contributed by atoms with Crippen LogP contribution in [-0.4, -0.2) is 16.3 Å². The first-order valence-corrected chi connectivity index (χ1v) is 10.3. The largest absolute Gasteiger partial charge is 0.333 e. The van der Waals surface area contributed by atoms with E-state index in [4.69, 9.17) is 5.26 Å². The summed E-state index contributed by atoms with van der Waals surface area (Å²) in [6.45, 7) is 9.11. The van der Waals surface area contributed by atoms with E-state index in [1.807, 2.05) is 19.2 Å². The van der Waals surface area contributed by atoms with Crippen LogP contribution in [-0.2, 0) is 13.0 Å². The van der Waals surface area contributed by atoms with E-state index >= 15 is 0 Å². The third-order valence-electron chi connectivity index (χ3n) is 4.80. The Balaban J connectivity index is 0.000000212. The molecule has 0 bridgehead atoms. The molecule has 29 heavy (non-hydrogen) atoms. The van der Waals surface area contributed by atoms with Crippen molar-refractivity contribution >= 4 is 17.6 Å². The summed E-state index contributed by atoms with van der Waals surface area (Å²) >= 11 is 0. The van der Waals surface area contributed by atoms with Crippen molar-refractivity contribution in [2.75, 3.05) is 0 Å². The molecule has 0 aliphatic heterocycles. The van der Waals surface area contributed by atoms with Crippen LogP contribution in [0.15, 0.2) is 85.8 Å². The molecular weight excluding hydrogens is 353 g/mol. The molecule has 0 spiro atoms. The van der Waals surface area contributed by atoms with Gasteiger partial charge in [-0.2, -0.15) is 5.26 Å². The molecule has 1 atom stereocenters. The van der Waals surface area contributed by atoms with E-state index < -0.39 is 0 Å². The standard InChI is InChI=1S/C15H15B.C10H15N3/c1-2-13-16(14-9-5-3-6-10-14)15-11-7-4-8-12-15;1-3-4-10-6-12-8-13(10)7-9(2)5-11/h2-12H,1,13H2;6,8-9H,3-4,7H2,1-2H3. The third kappa shape index (κ3) is 7.12. The fraction of sp³-hybridized carbons (Fsp3) is 0.280. The molecule has 1 unspecified atom stereocenters. The number of hydrogen-bond acceptors (Lipinski definition) is 2. The van der Waals surface area contributed by atoms with Gasteiger partial charge in [0.25, 0.3) is 0 Å². The van der Waals surface area contributed by atoms with E-state index in [2.05, 4.69) is 89.8 Å². The molecule has 0 radical (unpaired) electrons. The number of hydrogen-bond donors (Lipinski definition) is 0. The minimum Gasteiger partial charge on any atom is -0.333 e. The highest BCUT2D eigenvalue weighted by Crippen LogP contribution is 2.06. The van der Waals surface area contributed by atoms with Crippen LogP contribution in [0.1, 0.15) is 26.0 Å². The summed E-state index contributed by atoms with van der Waals surface area (Å²) in [5.74, 6) is 0.0600. The van der Waals surface area contributed by atoms with Crippen molar-refractivity contribution in [1.29, 1.82) is 5.26 Å². The minimum absolute atomic E-state index is 0.0600. The molecule has 0 saturated carbocycles. The molecule has 0 aliphatic carbocycles. The predicted molar refractivity (Wildman–Crippen MR) is 124 cm³/mol. The molecule has 3 nitrogen and oxygen atoms in total. The zero-order valence-electron chi connectivity index (χ0n) is 17.5. The van der Waals surface area contributed by atoms with Gasteiger partial charge in [-0.3, -0.25) is 0 Å². The lowest BCUT2D eigenvalue weighted by Crippen LogP contribution is -2.41. The minimum atomic E-state index is 0.0600. The highest BCUT2D eigenvalue weighted by Gasteiger charge is 2.16. The van der Waals surface area contributed by atoms with E-state index in [0.29, 0.717) is 6.71 Å². The van der Waals surface area contributed by atoms with Gasteiger partial charge in [0.1, 0.15) is 0 Å². The molecule has 0 saturated heterocycles. The van der Waals surface area contributed by atoms with Crippen molar-refractivity contribution in [3.8, 4) is 6.07 Å². The second-order valence-electron chi connectivity index (χ2n) is 7.22. The molecule has 2 aromatic carbocycles. The van der Waals surface area contributed by atoms with Crippen LogP contribution in [0.25, 0.3) is 0 Å². The van der Waals surface area contributed by atoms with E-state index in [1.165, 1.54) is 16.6 Å². The Morgan fingerprint density at radius 1 is 1.10 bits per heavy atom. The van der Waals surface area contributed by atoms with Gasteiger partial charge < -0.3 is 4.57 Å². The lowest BCUT2D eigenvalue weighted by atomic mass is 9.39. The Morgan fingerprint density at radius 3 is 2.17 bits per heavy atom. The van der Waals surface area contributed by atoms with Crippen LogP contribution < -0.4 is 10.9 Å². The summed E-state index contributed by atoms with van der Waals surface area (Å²) in [6.07, 6.45) is 8.82. The average Bonchev–Trinajstić information content (AvgIpc) is 3.20. The van der Waals surface area contributed by atoms with Crippen LogP contribution in [0, 0.1) is 17.2 Å². The summed E-state index contributed by atoms with van der Waals surface area (Å²) in [6, 6.07) is 23.4. The molecule has 3 rings (SSSR count). The first kappa shape index (κ1) is 22.2. The Hall–Kier alpha value is -3.06. The van der Waals surface area contributed by atoms with Crippen LogP contribution in [0.3, 0.4) is 0 Å². The quantitative estimate of drug-likeness (QED) is 0.425. The van der Waals surface area contributed by atoms with Crippen LogP contribution in [0.4, 0.5) is 0 Å². The number of nitrogens with zero attached hydrogens (tertiary/aromatic N) is 3. The van der Waals surface area contributed by atoms with Gasteiger partial charge in [0.05, 0.1) is 18.3 Å². The maximum atomic E-state index is 8.67. The molecule has 0 amide bonds. The number of allylic oxidation sites excluding steroid dienone is 1. The van der Waals surface area contributed by atoms with Gasteiger partial charge in [-0.1, -0.05) is 91.0 Å². The Morgan fingerprint density at radius 2 is 1.69 bits per heavy atom. The molecule has 0 N–H and O–H groups in total. The number of aryl methyl sites for hydroxylation is 1. The molecule has 3 aromatic rings. The van der Waals surface area contributed by atoms with Gasteiger partial charge in [0, 0.05) is 18.4 Å². The van der Waals surface area contributed by atoms with E-state index in [-0.39, 0.29) is 5.92 Å². The van der Waals surface area contributed by atoms with E-state index in [9.17, 15) is 0 Å². The normalized spacial score (nSPS) is 10.9. The number of benzene rings is 2. The van der Waals surface area contributed by atoms with Crippen molar-refractivity contribution in [2.45, 2.75) is 39.6 Å². The topological polar surface area (TPSA) is 41.6 Å². The van der Waals surface area contributed by atoms with Gasteiger partial charge in [-0.15, -0.1) is 6.58 Å². The molecule has 148 valence electrons. The van der Waals surface area contributed by atoms with Crippen molar-refractivity contribution < 1.29 is 0 Å². The molecule has 4 heteroatoms. The molecule has 0 aliphatic rings. The number of nitriles is 1. The first-order chi connectivity index (χ1) is 14.2. The van der Waals surface area contributed by atoms with Gasteiger partial charge in [0.2, 0.25) is 6.71 Å². The van der Waals surface area contributed by atoms with E-state index in [1.54, 1.807) is 6.33 Å². The monoisotopic (exact) mass is 383 g/mol. The Kier molecular flexibility index (Phi) is 9.52. The van der Waals surface area contributed by atoms with Gasteiger partial charge >= 0.3 is 0 Å². The van der Waals surface area contributed by atoms with Crippen molar-refractivity contribution in [3.63, 3.8) is 0 Å². The average molecular weight is 383 g/mol. The van der Waals surface area contributed by atoms with Gasteiger partial charge in [-0.05, 0) is 19.7 Å². The zero-order valence-corrected chi connectivity index (χ0v) is 17.5. The summed E-state index contributed by atoms with van der Waals surface area (Å²) in [4.78, 5) is 4.08. The van der Waals surface area contributed by atoms with Crippen molar-refractivity contribution in [1.82, 2.24) is 9.55 Å². The third-order valence-corrected chi connectivity index (χ3v) is 4.80. The highest BCUT2D eigenvalue weighted by atomic mass is 15.0. The zero-order chi connectivity index (χ0) is 20.9. The molecule has 0 fully saturated rings. The van der Waals surface area contributed by atoms with Crippen LogP contribution in [0.5, 0.6) is 0 Å². The number of imidazole rings is 1. The second-order valence-corrected chi connectivity index (χ2v) is 7.22. The fourth-order valence-electron chi connectivity index (χ4n) is 3.31. The molecule has 1 heterocycles. The Labute approximate surface area is 175 Å². The number of aromatic nitrogens is 2.